The summed E-state index contributed by atoms with van der Waals surface area (Å²) in [7, 11) is 0. The van der Waals surface area contributed by atoms with Crippen LogP contribution < -0.4 is 4.90 Å². The van der Waals surface area contributed by atoms with E-state index in [1.165, 1.54) is 77.5 Å². The van der Waals surface area contributed by atoms with E-state index in [0.29, 0.717) is 0 Å². The van der Waals surface area contributed by atoms with E-state index >= 15 is 0 Å². The Labute approximate surface area is 329 Å². The fourth-order valence-electron chi connectivity index (χ4n) is 8.92. The van der Waals surface area contributed by atoms with E-state index < -0.39 is 0 Å². The first-order chi connectivity index (χ1) is 27.6. The van der Waals surface area contributed by atoms with Crippen molar-refractivity contribution in [1.82, 2.24) is 0 Å². The summed E-state index contributed by atoms with van der Waals surface area (Å²) in [5.41, 5.74) is 18.4. The van der Waals surface area contributed by atoms with E-state index in [4.69, 9.17) is 0 Å². The number of hydrogen-bond acceptors (Lipinski definition) is 1. The number of rotatable bonds is 7. The Hall–Kier alpha value is -6.96. The molecule has 1 nitrogen and oxygen atoms in total. The van der Waals surface area contributed by atoms with Gasteiger partial charge in [-0.1, -0.05) is 190 Å². The molecular formula is C55H41N. The molecule has 0 radical (unpaired) electrons. The first-order valence-corrected chi connectivity index (χ1v) is 19.5. The zero-order valence-corrected chi connectivity index (χ0v) is 31.7. The molecule has 0 atom stereocenters. The molecule has 0 unspecified atom stereocenters. The molecule has 10 rings (SSSR count). The minimum absolute atomic E-state index is 0.161. The van der Waals surface area contributed by atoms with Crippen LogP contribution >= 0.6 is 0 Å². The second kappa shape index (κ2) is 13.7. The van der Waals surface area contributed by atoms with Crippen molar-refractivity contribution >= 4 is 27.8 Å². The van der Waals surface area contributed by atoms with Gasteiger partial charge in [-0.2, -0.15) is 0 Å². The number of nitrogens with zero attached hydrogens (tertiary/aromatic N) is 1. The molecule has 0 spiro atoms. The van der Waals surface area contributed by atoms with Crippen LogP contribution in [0.5, 0.6) is 0 Å². The summed E-state index contributed by atoms with van der Waals surface area (Å²) >= 11 is 0. The predicted molar refractivity (Wildman–Crippen MR) is 238 cm³/mol. The molecule has 0 fully saturated rings. The van der Waals surface area contributed by atoms with Gasteiger partial charge in [-0.25, -0.2) is 0 Å². The van der Waals surface area contributed by atoms with Gasteiger partial charge in [0.15, 0.2) is 0 Å². The van der Waals surface area contributed by atoms with Gasteiger partial charge in [-0.15, -0.1) is 0 Å². The maximum absolute atomic E-state index is 2.48. The fourth-order valence-corrected chi connectivity index (χ4v) is 8.92. The summed E-state index contributed by atoms with van der Waals surface area (Å²) in [5, 5.41) is 2.43. The summed E-state index contributed by atoms with van der Waals surface area (Å²) in [5.74, 6) is 0. The van der Waals surface area contributed by atoms with Gasteiger partial charge in [0.05, 0.1) is 11.4 Å². The van der Waals surface area contributed by atoms with Crippen LogP contribution in [-0.2, 0) is 5.41 Å². The lowest BCUT2D eigenvalue weighted by molar-refractivity contribution is 0.661. The standard InChI is InChI=1S/C55H41N/c1-55(2)50-29-17-28-46(40-20-8-4-9-21-40)54(50)49-36-47(41-22-10-5-11-23-41)48(37-51(49)55)42-32-34-43(35-33-42)56(53-31-16-25-39-24-12-13-26-45(39)53)52-30-15-14-27-44(52)38-18-6-3-7-19-38/h3-37H,1-2H3. The van der Waals surface area contributed by atoms with E-state index in [-0.39, 0.29) is 5.41 Å². The molecule has 0 saturated heterocycles. The average molecular weight is 716 g/mol. The van der Waals surface area contributed by atoms with Gasteiger partial charge in [-0.05, 0) is 103 Å². The van der Waals surface area contributed by atoms with Crippen LogP contribution in [0, 0.1) is 0 Å². The third-order valence-electron chi connectivity index (χ3n) is 11.7. The third kappa shape index (κ3) is 5.63. The largest absolute Gasteiger partial charge is 0.309 e. The quantitative estimate of drug-likeness (QED) is 0.159. The van der Waals surface area contributed by atoms with Gasteiger partial charge in [-0.3, -0.25) is 0 Å². The first kappa shape index (κ1) is 33.6. The SMILES string of the molecule is CC1(C)c2cc(-c3ccc(N(c4ccccc4-c4ccccc4)c4cccc5ccccc45)cc3)c(-c3ccccc3)cc2-c2c(-c3ccccc3)cccc21. The van der Waals surface area contributed by atoms with Crippen molar-refractivity contribution in [2.24, 2.45) is 0 Å². The van der Waals surface area contributed by atoms with Gasteiger partial charge in [0, 0.05) is 22.1 Å². The van der Waals surface area contributed by atoms with Gasteiger partial charge in [0.1, 0.15) is 0 Å². The normalized spacial score (nSPS) is 12.6. The zero-order chi connectivity index (χ0) is 37.6. The van der Waals surface area contributed by atoms with Crippen LogP contribution in [0.15, 0.2) is 212 Å². The lowest BCUT2D eigenvalue weighted by Crippen LogP contribution is -2.15. The minimum Gasteiger partial charge on any atom is -0.309 e. The molecular weight excluding hydrogens is 675 g/mol. The first-order valence-electron chi connectivity index (χ1n) is 19.5. The van der Waals surface area contributed by atoms with Crippen molar-refractivity contribution < 1.29 is 0 Å². The van der Waals surface area contributed by atoms with Crippen LogP contribution in [0.25, 0.3) is 66.4 Å². The van der Waals surface area contributed by atoms with Crippen molar-refractivity contribution in [3.8, 4) is 55.6 Å². The van der Waals surface area contributed by atoms with Gasteiger partial charge in [0.25, 0.3) is 0 Å². The summed E-state index contributed by atoms with van der Waals surface area (Å²) in [6, 6.07) is 77.5. The van der Waals surface area contributed by atoms with Crippen LogP contribution in [-0.4, -0.2) is 0 Å². The Kier molecular flexibility index (Phi) is 8.23. The van der Waals surface area contributed by atoms with E-state index in [2.05, 4.69) is 231 Å². The molecule has 56 heavy (non-hydrogen) atoms. The summed E-state index contributed by atoms with van der Waals surface area (Å²) in [4.78, 5) is 2.43. The van der Waals surface area contributed by atoms with Gasteiger partial charge >= 0.3 is 0 Å². The number of para-hydroxylation sites is 1. The van der Waals surface area contributed by atoms with Crippen LogP contribution in [0.1, 0.15) is 25.0 Å². The second-order valence-corrected chi connectivity index (χ2v) is 15.3. The van der Waals surface area contributed by atoms with Crippen molar-refractivity contribution in [1.29, 1.82) is 0 Å². The van der Waals surface area contributed by atoms with Crippen LogP contribution in [0.2, 0.25) is 0 Å². The second-order valence-electron chi connectivity index (χ2n) is 15.3. The van der Waals surface area contributed by atoms with Crippen molar-refractivity contribution in [2.75, 3.05) is 4.90 Å². The topological polar surface area (TPSA) is 3.24 Å². The lowest BCUT2D eigenvalue weighted by Gasteiger charge is -2.29. The smallest absolute Gasteiger partial charge is 0.0540 e. The van der Waals surface area contributed by atoms with Crippen LogP contribution in [0.4, 0.5) is 17.1 Å². The third-order valence-corrected chi connectivity index (χ3v) is 11.7. The number of benzene rings is 9. The van der Waals surface area contributed by atoms with Gasteiger partial charge in [0.2, 0.25) is 0 Å². The Morgan fingerprint density at radius 3 is 1.55 bits per heavy atom. The molecule has 1 aliphatic carbocycles. The predicted octanol–water partition coefficient (Wildman–Crippen LogP) is 15.3. The highest BCUT2D eigenvalue weighted by atomic mass is 15.1. The van der Waals surface area contributed by atoms with Crippen LogP contribution in [0.3, 0.4) is 0 Å². The molecule has 9 aromatic rings. The fraction of sp³-hybridized carbons (Fsp3) is 0.0545. The van der Waals surface area contributed by atoms with Crippen molar-refractivity contribution in [3.63, 3.8) is 0 Å². The maximum Gasteiger partial charge on any atom is 0.0540 e. The molecule has 0 saturated carbocycles. The average Bonchev–Trinajstić information content (AvgIpc) is 3.50. The molecule has 0 bridgehead atoms. The molecule has 0 N–H and O–H groups in total. The Morgan fingerprint density at radius 2 is 0.839 bits per heavy atom. The summed E-state index contributed by atoms with van der Waals surface area (Å²) in [6.07, 6.45) is 0. The van der Waals surface area contributed by atoms with E-state index in [9.17, 15) is 0 Å². The molecule has 0 amide bonds. The number of hydrogen-bond donors (Lipinski definition) is 0. The highest BCUT2D eigenvalue weighted by molar-refractivity contribution is 6.02. The maximum atomic E-state index is 2.48. The van der Waals surface area contributed by atoms with Crippen molar-refractivity contribution in [3.05, 3.63) is 223 Å². The minimum atomic E-state index is -0.161. The molecule has 1 heteroatoms. The number of fused-ring (bicyclic) bond motifs is 4. The monoisotopic (exact) mass is 715 g/mol. The molecule has 0 heterocycles. The molecule has 0 aromatic heterocycles. The Morgan fingerprint density at radius 1 is 0.339 bits per heavy atom. The van der Waals surface area contributed by atoms with E-state index in [1.807, 2.05) is 0 Å². The lowest BCUT2D eigenvalue weighted by atomic mass is 9.80. The summed E-state index contributed by atoms with van der Waals surface area (Å²) in [6.45, 7) is 4.77. The van der Waals surface area contributed by atoms with Crippen molar-refractivity contribution in [2.45, 2.75) is 19.3 Å². The molecule has 0 aliphatic heterocycles. The Balaban J connectivity index is 1.16. The van der Waals surface area contributed by atoms with E-state index in [1.54, 1.807) is 0 Å². The van der Waals surface area contributed by atoms with E-state index in [0.717, 1.165) is 17.1 Å². The highest BCUT2D eigenvalue weighted by Gasteiger charge is 2.38. The molecule has 9 aromatic carbocycles. The number of anilines is 3. The molecule has 1 aliphatic rings. The van der Waals surface area contributed by atoms with Gasteiger partial charge < -0.3 is 4.90 Å². The summed E-state index contributed by atoms with van der Waals surface area (Å²) < 4.78 is 0. The highest BCUT2D eigenvalue weighted by Crippen LogP contribution is 2.55. The Bertz CT molecular complexity index is 2850. The molecule has 266 valence electrons. The zero-order valence-electron chi connectivity index (χ0n) is 31.7.